The van der Waals surface area contributed by atoms with E-state index in [4.69, 9.17) is 5.11 Å². The first-order valence-corrected chi connectivity index (χ1v) is 5.95. The molecule has 0 bridgehead atoms. The molecule has 0 aliphatic carbocycles. The van der Waals surface area contributed by atoms with E-state index in [0.717, 1.165) is 17.2 Å². The van der Waals surface area contributed by atoms with Crippen LogP contribution in [0.1, 0.15) is 30.8 Å². The minimum absolute atomic E-state index is 0.115. The van der Waals surface area contributed by atoms with Crippen LogP contribution in [0.3, 0.4) is 0 Å². The molecule has 0 aromatic carbocycles. The number of hydrogen-bond acceptors (Lipinski definition) is 3. The number of pyridine rings is 1. The van der Waals surface area contributed by atoms with Gasteiger partial charge in [0.15, 0.2) is 0 Å². The van der Waals surface area contributed by atoms with Crippen LogP contribution >= 0.6 is 11.8 Å². The fraction of sp³-hybridized carbons (Fsp3) is 0.455. The van der Waals surface area contributed by atoms with Crippen LogP contribution in [0.25, 0.3) is 0 Å². The van der Waals surface area contributed by atoms with Crippen LogP contribution in [-0.2, 0) is 0 Å². The molecular formula is C11H15NO2S. The second-order valence-corrected chi connectivity index (χ2v) is 4.53. The summed E-state index contributed by atoms with van der Waals surface area (Å²) in [5.41, 5.74) is 0.115. The number of nitrogens with zero attached hydrogens (tertiary/aromatic N) is 1. The number of aromatic nitrogens is 1. The standard InChI is InChI=1S/C11H15NO2S/c1-3-8(2)7-15-10-6-4-5-9(12-10)11(13)14/h4-6,8H,3,7H2,1-2H3,(H,13,14). The zero-order valence-electron chi connectivity index (χ0n) is 8.93. The van der Waals surface area contributed by atoms with Crippen molar-refractivity contribution < 1.29 is 9.90 Å². The van der Waals surface area contributed by atoms with Gasteiger partial charge in [-0.3, -0.25) is 0 Å². The summed E-state index contributed by atoms with van der Waals surface area (Å²) in [7, 11) is 0. The average Bonchev–Trinajstić information content (AvgIpc) is 2.26. The number of aromatic carboxylic acids is 1. The Kier molecular flexibility index (Phi) is 4.62. The van der Waals surface area contributed by atoms with Crippen LogP contribution < -0.4 is 0 Å². The molecular weight excluding hydrogens is 210 g/mol. The van der Waals surface area contributed by atoms with Crippen molar-refractivity contribution in [2.24, 2.45) is 5.92 Å². The molecule has 0 radical (unpaired) electrons. The Balaban J connectivity index is 2.62. The van der Waals surface area contributed by atoms with Gasteiger partial charge in [-0.2, -0.15) is 0 Å². The highest BCUT2D eigenvalue weighted by Gasteiger charge is 2.06. The smallest absolute Gasteiger partial charge is 0.354 e. The third-order valence-corrected chi connectivity index (χ3v) is 3.41. The second-order valence-electron chi connectivity index (χ2n) is 3.49. The average molecular weight is 225 g/mol. The predicted molar refractivity (Wildman–Crippen MR) is 61.4 cm³/mol. The molecule has 0 amide bonds. The number of rotatable bonds is 5. The van der Waals surface area contributed by atoms with E-state index in [-0.39, 0.29) is 5.69 Å². The van der Waals surface area contributed by atoms with Gasteiger partial charge in [0, 0.05) is 5.75 Å². The summed E-state index contributed by atoms with van der Waals surface area (Å²) in [4.78, 5) is 14.7. The Morgan fingerprint density at radius 1 is 1.60 bits per heavy atom. The topological polar surface area (TPSA) is 50.2 Å². The minimum Gasteiger partial charge on any atom is -0.477 e. The van der Waals surface area contributed by atoms with Crippen LogP contribution in [0.4, 0.5) is 0 Å². The molecule has 4 heteroatoms. The lowest BCUT2D eigenvalue weighted by atomic mass is 10.2. The molecule has 0 saturated carbocycles. The molecule has 0 aliphatic rings. The van der Waals surface area contributed by atoms with Gasteiger partial charge in [0.1, 0.15) is 5.69 Å². The summed E-state index contributed by atoms with van der Waals surface area (Å²) in [5, 5.41) is 9.55. The van der Waals surface area contributed by atoms with E-state index in [1.807, 2.05) is 6.07 Å². The molecule has 1 heterocycles. The summed E-state index contributed by atoms with van der Waals surface area (Å²) in [6.07, 6.45) is 1.13. The maximum Gasteiger partial charge on any atom is 0.354 e. The number of carboxylic acids is 1. The van der Waals surface area contributed by atoms with E-state index in [9.17, 15) is 4.79 Å². The van der Waals surface area contributed by atoms with Crippen molar-refractivity contribution in [1.29, 1.82) is 0 Å². The lowest BCUT2D eigenvalue weighted by Gasteiger charge is -2.07. The van der Waals surface area contributed by atoms with Crippen molar-refractivity contribution in [3.05, 3.63) is 23.9 Å². The predicted octanol–water partition coefficient (Wildman–Crippen LogP) is 2.92. The highest BCUT2D eigenvalue weighted by Crippen LogP contribution is 2.19. The molecule has 3 nitrogen and oxygen atoms in total. The van der Waals surface area contributed by atoms with Gasteiger partial charge < -0.3 is 5.11 Å². The Bertz CT molecular complexity index is 341. The van der Waals surface area contributed by atoms with Crippen LogP contribution in [0, 0.1) is 5.92 Å². The van der Waals surface area contributed by atoms with Crippen LogP contribution in [0.15, 0.2) is 23.2 Å². The summed E-state index contributed by atoms with van der Waals surface area (Å²) < 4.78 is 0. The van der Waals surface area contributed by atoms with E-state index in [2.05, 4.69) is 18.8 Å². The van der Waals surface area contributed by atoms with E-state index in [1.165, 1.54) is 6.07 Å². The Morgan fingerprint density at radius 2 is 2.33 bits per heavy atom. The largest absolute Gasteiger partial charge is 0.477 e. The van der Waals surface area contributed by atoms with E-state index >= 15 is 0 Å². The van der Waals surface area contributed by atoms with E-state index in [1.54, 1.807) is 17.8 Å². The van der Waals surface area contributed by atoms with Gasteiger partial charge in [-0.1, -0.05) is 26.3 Å². The third-order valence-electron chi connectivity index (χ3n) is 2.16. The number of thioether (sulfide) groups is 1. The molecule has 0 aliphatic heterocycles. The van der Waals surface area contributed by atoms with Gasteiger partial charge >= 0.3 is 5.97 Å². The SMILES string of the molecule is CCC(C)CSc1cccc(C(=O)O)n1. The van der Waals surface area contributed by atoms with E-state index < -0.39 is 5.97 Å². The zero-order chi connectivity index (χ0) is 11.3. The molecule has 1 unspecified atom stereocenters. The van der Waals surface area contributed by atoms with Gasteiger partial charge in [-0.15, -0.1) is 11.8 Å². The number of hydrogen-bond donors (Lipinski definition) is 1. The monoisotopic (exact) mass is 225 g/mol. The van der Waals surface area contributed by atoms with Gasteiger partial charge in [-0.05, 0) is 18.1 Å². The fourth-order valence-electron chi connectivity index (χ4n) is 0.960. The Labute approximate surface area is 93.9 Å². The van der Waals surface area contributed by atoms with Gasteiger partial charge in [0.25, 0.3) is 0 Å². The van der Waals surface area contributed by atoms with Crippen molar-refractivity contribution >= 4 is 17.7 Å². The highest BCUT2D eigenvalue weighted by molar-refractivity contribution is 7.99. The molecule has 1 atom stereocenters. The quantitative estimate of drug-likeness (QED) is 0.783. The molecule has 1 N–H and O–H groups in total. The molecule has 82 valence electrons. The molecule has 15 heavy (non-hydrogen) atoms. The first-order chi connectivity index (χ1) is 7.13. The Hall–Kier alpha value is -1.03. The summed E-state index contributed by atoms with van der Waals surface area (Å²) in [5.74, 6) is 0.637. The van der Waals surface area contributed by atoms with Gasteiger partial charge in [-0.25, -0.2) is 9.78 Å². The zero-order valence-corrected chi connectivity index (χ0v) is 9.75. The van der Waals surface area contributed by atoms with Gasteiger partial charge in [0.05, 0.1) is 5.03 Å². The van der Waals surface area contributed by atoms with E-state index in [0.29, 0.717) is 5.92 Å². The molecule has 1 rings (SSSR count). The summed E-state index contributed by atoms with van der Waals surface area (Å²) in [6.45, 7) is 4.32. The normalized spacial score (nSPS) is 12.4. The van der Waals surface area contributed by atoms with Crippen LogP contribution in [0.2, 0.25) is 0 Å². The fourth-order valence-corrected chi connectivity index (χ4v) is 1.99. The highest BCUT2D eigenvalue weighted by atomic mass is 32.2. The van der Waals surface area contributed by atoms with Crippen molar-refractivity contribution in [2.75, 3.05) is 5.75 Å². The molecule has 1 aromatic rings. The third kappa shape index (κ3) is 3.91. The number of carboxylic acid groups (broad SMARTS) is 1. The molecule has 0 fully saturated rings. The lowest BCUT2D eigenvalue weighted by molar-refractivity contribution is 0.0689. The Morgan fingerprint density at radius 3 is 2.93 bits per heavy atom. The summed E-state index contributed by atoms with van der Waals surface area (Å²) in [6, 6.07) is 5.09. The first-order valence-electron chi connectivity index (χ1n) is 4.96. The molecule has 0 saturated heterocycles. The maximum absolute atomic E-state index is 10.7. The maximum atomic E-state index is 10.7. The van der Waals surface area contributed by atoms with Crippen molar-refractivity contribution in [3.8, 4) is 0 Å². The van der Waals surface area contributed by atoms with Crippen molar-refractivity contribution in [1.82, 2.24) is 4.98 Å². The number of carbonyl (C=O) groups is 1. The first kappa shape index (κ1) is 12.0. The van der Waals surface area contributed by atoms with Crippen molar-refractivity contribution in [3.63, 3.8) is 0 Å². The molecule has 0 spiro atoms. The molecule has 1 aromatic heterocycles. The van der Waals surface area contributed by atoms with Crippen LogP contribution in [0.5, 0.6) is 0 Å². The second kappa shape index (κ2) is 5.75. The lowest BCUT2D eigenvalue weighted by Crippen LogP contribution is -2.01. The van der Waals surface area contributed by atoms with Crippen molar-refractivity contribution in [2.45, 2.75) is 25.3 Å². The summed E-state index contributed by atoms with van der Waals surface area (Å²) >= 11 is 1.61. The van der Waals surface area contributed by atoms with Gasteiger partial charge in [0.2, 0.25) is 0 Å². The minimum atomic E-state index is -0.971. The van der Waals surface area contributed by atoms with Crippen LogP contribution in [-0.4, -0.2) is 21.8 Å².